The molecule has 20 heavy (non-hydrogen) atoms. The van der Waals surface area contributed by atoms with E-state index in [1.54, 1.807) is 31.1 Å². The van der Waals surface area contributed by atoms with Crippen molar-refractivity contribution in [2.24, 2.45) is 7.05 Å². The first-order valence-corrected chi connectivity index (χ1v) is 7.26. The summed E-state index contributed by atoms with van der Waals surface area (Å²) in [5.41, 5.74) is 2.30. The molecule has 104 valence electrons. The quantitative estimate of drug-likeness (QED) is 0.812. The Morgan fingerprint density at radius 1 is 1.40 bits per heavy atom. The highest BCUT2D eigenvalue weighted by Gasteiger charge is 2.15. The zero-order chi connectivity index (χ0) is 14.7. The zero-order valence-electron chi connectivity index (χ0n) is 11.7. The van der Waals surface area contributed by atoms with E-state index in [1.165, 1.54) is 11.8 Å². The van der Waals surface area contributed by atoms with Crippen molar-refractivity contribution in [3.05, 3.63) is 46.9 Å². The Bertz CT molecular complexity index is 708. The second-order valence-corrected chi connectivity index (χ2v) is 4.99. The highest BCUT2D eigenvalue weighted by Crippen LogP contribution is 2.34. The van der Waals surface area contributed by atoms with Gasteiger partial charge in [-0.2, -0.15) is 5.10 Å². The van der Waals surface area contributed by atoms with E-state index in [-0.39, 0.29) is 5.56 Å². The Morgan fingerprint density at radius 3 is 2.75 bits per heavy atom. The van der Waals surface area contributed by atoms with E-state index < -0.39 is 0 Å². The summed E-state index contributed by atoms with van der Waals surface area (Å²) in [4.78, 5) is 13.2. The smallest absolute Gasteiger partial charge is 0.309 e. The van der Waals surface area contributed by atoms with Gasteiger partial charge in [0, 0.05) is 11.9 Å². The number of methoxy groups -OCH3 is 1. The average molecular weight is 288 g/mol. The van der Waals surface area contributed by atoms with E-state index in [2.05, 4.69) is 11.7 Å². The molecule has 0 aliphatic heterocycles. The number of aryl methyl sites for hydroxylation is 1. The second-order valence-electron chi connectivity index (χ2n) is 4.15. The molecule has 0 atom stereocenters. The van der Waals surface area contributed by atoms with Crippen LogP contribution in [0.15, 0.2) is 40.7 Å². The molecule has 0 unspecified atom stereocenters. The lowest BCUT2D eigenvalue weighted by Crippen LogP contribution is -2.21. The van der Waals surface area contributed by atoms with E-state index in [0.29, 0.717) is 11.3 Å². The van der Waals surface area contributed by atoms with Crippen molar-refractivity contribution in [3.63, 3.8) is 0 Å². The summed E-state index contributed by atoms with van der Waals surface area (Å²) >= 11 is 1.63. The van der Waals surface area contributed by atoms with E-state index in [1.807, 2.05) is 24.5 Å². The number of ether oxygens (including phenoxy) is 1. The predicted molar refractivity (Wildman–Crippen MR) is 83.3 cm³/mol. The molecule has 1 aromatic heterocycles. The molecule has 0 spiro atoms. The van der Waals surface area contributed by atoms with Gasteiger partial charge in [-0.3, -0.25) is 4.79 Å². The maximum Gasteiger partial charge on any atom is 0.309 e. The predicted octanol–water partition coefficient (Wildman–Crippen LogP) is 2.82. The van der Waals surface area contributed by atoms with Gasteiger partial charge in [-0.05, 0) is 23.4 Å². The molecule has 2 rings (SSSR count). The SMILES string of the molecule is C=Cc1c(SC)cccc1-c1cnn(C)c(=O)c1OC. The summed E-state index contributed by atoms with van der Waals surface area (Å²) in [6.45, 7) is 3.86. The number of aromatic nitrogens is 2. The first kappa shape index (κ1) is 14.4. The second kappa shape index (κ2) is 5.96. The van der Waals surface area contributed by atoms with E-state index in [0.717, 1.165) is 16.0 Å². The van der Waals surface area contributed by atoms with Crippen LogP contribution in [0.25, 0.3) is 17.2 Å². The molecule has 0 N–H and O–H groups in total. The molecule has 0 amide bonds. The first-order chi connectivity index (χ1) is 9.63. The lowest BCUT2D eigenvalue weighted by molar-refractivity contribution is 0.402. The molecule has 0 radical (unpaired) electrons. The fraction of sp³-hybridized carbons (Fsp3) is 0.200. The third kappa shape index (κ3) is 2.36. The number of rotatable bonds is 4. The van der Waals surface area contributed by atoms with Gasteiger partial charge in [-0.1, -0.05) is 24.8 Å². The van der Waals surface area contributed by atoms with Crippen LogP contribution in [0.2, 0.25) is 0 Å². The third-order valence-corrected chi connectivity index (χ3v) is 3.87. The summed E-state index contributed by atoms with van der Waals surface area (Å²) in [7, 11) is 3.09. The van der Waals surface area contributed by atoms with E-state index in [9.17, 15) is 4.79 Å². The minimum Gasteiger partial charge on any atom is -0.491 e. The molecule has 2 aromatic rings. The van der Waals surface area contributed by atoms with E-state index in [4.69, 9.17) is 4.74 Å². The standard InChI is InChI=1S/C15H16N2O2S/c1-5-10-11(7-6-8-13(10)20-4)12-9-16-17(2)15(18)14(12)19-3/h5-9H,1H2,2-4H3. The number of hydrogen-bond donors (Lipinski definition) is 0. The van der Waals surface area contributed by atoms with Crippen LogP contribution in [0.3, 0.4) is 0 Å². The molecular weight excluding hydrogens is 272 g/mol. The van der Waals surface area contributed by atoms with Crippen molar-refractivity contribution in [1.29, 1.82) is 0 Å². The van der Waals surface area contributed by atoms with Crippen LogP contribution in [-0.2, 0) is 7.05 Å². The van der Waals surface area contributed by atoms with Crippen LogP contribution < -0.4 is 10.3 Å². The molecule has 0 saturated carbocycles. The molecule has 0 saturated heterocycles. The Hall–Kier alpha value is -2.01. The summed E-state index contributed by atoms with van der Waals surface area (Å²) in [6.07, 6.45) is 5.44. The monoisotopic (exact) mass is 288 g/mol. The third-order valence-electron chi connectivity index (χ3n) is 3.08. The minimum absolute atomic E-state index is 0.255. The van der Waals surface area contributed by atoms with Gasteiger partial charge < -0.3 is 4.74 Å². The van der Waals surface area contributed by atoms with Gasteiger partial charge in [0.15, 0.2) is 5.75 Å². The Labute approximate surface area is 122 Å². The van der Waals surface area contributed by atoms with Gasteiger partial charge >= 0.3 is 5.56 Å². The van der Waals surface area contributed by atoms with E-state index >= 15 is 0 Å². The van der Waals surface area contributed by atoms with Crippen molar-refractivity contribution in [1.82, 2.24) is 9.78 Å². The van der Waals surface area contributed by atoms with Crippen molar-refractivity contribution < 1.29 is 4.74 Å². The molecule has 1 aromatic carbocycles. The Kier molecular flexibility index (Phi) is 4.29. The Balaban J connectivity index is 2.78. The van der Waals surface area contributed by atoms with Crippen LogP contribution in [0.5, 0.6) is 5.75 Å². The van der Waals surface area contributed by atoms with Gasteiger partial charge in [0.05, 0.1) is 18.9 Å². The highest BCUT2D eigenvalue weighted by molar-refractivity contribution is 7.98. The van der Waals surface area contributed by atoms with Crippen molar-refractivity contribution in [3.8, 4) is 16.9 Å². The molecule has 4 nitrogen and oxygen atoms in total. The molecule has 0 fully saturated rings. The van der Waals surface area contributed by atoms with Crippen LogP contribution in [-0.4, -0.2) is 23.1 Å². The van der Waals surface area contributed by atoms with Crippen molar-refractivity contribution in [2.45, 2.75) is 4.90 Å². The number of thioether (sulfide) groups is 1. The van der Waals surface area contributed by atoms with Crippen LogP contribution in [0.1, 0.15) is 5.56 Å². The summed E-state index contributed by atoms with van der Waals surface area (Å²) < 4.78 is 6.53. The minimum atomic E-state index is -0.255. The van der Waals surface area contributed by atoms with Crippen LogP contribution in [0, 0.1) is 0 Å². The molecule has 1 heterocycles. The molecular formula is C15H16N2O2S. The largest absolute Gasteiger partial charge is 0.491 e. The average Bonchev–Trinajstić information content (AvgIpc) is 2.48. The fourth-order valence-corrected chi connectivity index (χ4v) is 2.70. The molecule has 0 aliphatic carbocycles. The lowest BCUT2D eigenvalue weighted by Gasteiger charge is -2.13. The topological polar surface area (TPSA) is 44.1 Å². The van der Waals surface area contributed by atoms with Gasteiger partial charge in [-0.15, -0.1) is 11.8 Å². The van der Waals surface area contributed by atoms with Crippen molar-refractivity contribution in [2.75, 3.05) is 13.4 Å². The van der Waals surface area contributed by atoms with Gasteiger partial charge in [0.25, 0.3) is 0 Å². The molecule has 5 heteroatoms. The molecule has 0 bridgehead atoms. The number of benzene rings is 1. The maximum absolute atomic E-state index is 12.1. The first-order valence-electron chi connectivity index (χ1n) is 6.04. The highest BCUT2D eigenvalue weighted by atomic mass is 32.2. The fourth-order valence-electron chi connectivity index (χ4n) is 2.07. The lowest BCUT2D eigenvalue weighted by atomic mass is 10.0. The van der Waals surface area contributed by atoms with Gasteiger partial charge in [0.1, 0.15) is 0 Å². The summed E-state index contributed by atoms with van der Waals surface area (Å²) in [5.74, 6) is 0.295. The Morgan fingerprint density at radius 2 is 2.15 bits per heavy atom. The number of nitrogens with zero attached hydrogens (tertiary/aromatic N) is 2. The summed E-state index contributed by atoms with van der Waals surface area (Å²) in [5, 5.41) is 4.08. The summed E-state index contributed by atoms with van der Waals surface area (Å²) in [6, 6.07) is 5.91. The normalized spacial score (nSPS) is 10.3. The molecule has 0 aliphatic rings. The van der Waals surface area contributed by atoms with Gasteiger partial charge in [-0.25, -0.2) is 4.68 Å². The zero-order valence-corrected chi connectivity index (χ0v) is 12.5. The van der Waals surface area contributed by atoms with Gasteiger partial charge in [0.2, 0.25) is 0 Å². The van der Waals surface area contributed by atoms with Crippen LogP contribution >= 0.6 is 11.8 Å². The van der Waals surface area contributed by atoms with Crippen LogP contribution in [0.4, 0.5) is 0 Å². The maximum atomic E-state index is 12.1. The van der Waals surface area contributed by atoms with Crippen molar-refractivity contribution >= 4 is 17.8 Å². The number of hydrogen-bond acceptors (Lipinski definition) is 4.